The van der Waals surface area contributed by atoms with Gasteiger partial charge in [0.15, 0.2) is 0 Å². The molecule has 1 amide bonds. The summed E-state index contributed by atoms with van der Waals surface area (Å²) in [5.41, 5.74) is 3.99. The molecule has 1 N–H and O–H groups in total. The minimum absolute atomic E-state index is 0.0543. The minimum Gasteiger partial charge on any atom is -0.348 e. The molecule has 0 saturated carbocycles. The second-order valence-electron chi connectivity index (χ2n) is 7.73. The fraction of sp³-hybridized carbons (Fsp3) is 0.381. The summed E-state index contributed by atoms with van der Waals surface area (Å²) in [6.07, 6.45) is 8.26. The Morgan fingerprint density at radius 1 is 1.18 bits per heavy atom. The van der Waals surface area contributed by atoms with Gasteiger partial charge in [-0.25, -0.2) is 9.67 Å². The maximum Gasteiger partial charge on any atom is 0.253 e. The molecule has 7 heteroatoms. The third-order valence-electron chi connectivity index (χ3n) is 6.33. The highest BCUT2D eigenvalue weighted by Gasteiger charge is 2.45. The molecule has 0 aliphatic carbocycles. The van der Waals surface area contributed by atoms with Gasteiger partial charge in [-0.15, -0.1) is 0 Å². The summed E-state index contributed by atoms with van der Waals surface area (Å²) in [5.74, 6) is 0.0876. The van der Waals surface area contributed by atoms with E-state index in [4.69, 9.17) is 0 Å². The van der Waals surface area contributed by atoms with E-state index in [1.807, 2.05) is 47.8 Å². The minimum atomic E-state index is -0.0543. The number of aromatic nitrogens is 4. The van der Waals surface area contributed by atoms with Crippen molar-refractivity contribution in [2.24, 2.45) is 0 Å². The Hall–Kier alpha value is -2.93. The number of nitrogens with zero attached hydrogens (tertiary/aromatic N) is 5. The van der Waals surface area contributed by atoms with Crippen LogP contribution in [0.4, 0.5) is 0 Å². The van der Waals surface area contributed by atoms with Gasteiger partial charge >= 0.3 is 0 Å². The van der Waals surface area contributed by atoms with Crippen LogP contribution in [0.3, 0.4) is 0 Å². The fourth-order valence-corrected chi connectivity index (χ4v) is 4.67. The number of piperidine rings is 1. The number of hydrogen-bond acceptors (Lipinski definition) is 4. The molecule has 1 fully saturated rings. The lowest BCUT2D eigenvalue weighted by atomic mass is 9.79. The lowest BCUT2D eigenvalue weighted by Gasteiger charge is -2.49. The first-order chi connectivity index (χ1) is 13.7. The molecule has 2 aliphatic heterocycles. The Bertz CT molecular complexity index is 984. The lowest BCUT2D eigenvalue weighted by molar-refractivity contribution is 0.0226. The number of rotatable bonds is 2. The van der Waals surface area contributed by atoms with E-state index in [0.29, 0.717) is 5.56 Å². The maximum atomic E-state index is 13.1. The monoisotopic (exact) mass is 376 g/mol. The van der Waals surface area contributed by atoms with Crippen molar-refractivity contribution >= 4 is 5.91 Å². The summed E-state index contributed by atoms with van der Waals surface area (Å²) >= 11 is 0. The number of carbonyl (C=O) groups excluding carboxylic acids is 1. The molecule has 0 atom stereocenters. The van der Waals surface area contributed by atoms with E-state index in [9.17, 15) is 4.79 Å². The topological polar surface area (TPSA) is 70.1 Å². The molecule has 28 heavy (non-hydrogen) atoms. The zero-order valence-electron chi connectivity index (χ0n) is 16.0. The van der Waals surface area contributed by atoms with Crippen molar-refractivity contribution in [2.75, 3.05) is 26.7 Å². The molecule has 1 aromatic carbocycles. The molecule has 4 heterocycles. The number of H-pyrrole nitrogens is 1. The Kier molecular flexibility index (Phi) is 4.05. The van der Waals surface area contributed by atoms with Gasteiger partial charge in [0.2, 0.25) is 0 Å². The van der Waals surface area contributed by atoms with Gasteiger partial charge in [0.05, 0.1) is 23.2 Å². The predicted molar refractivity (Wildman–Crippen MR) is 105 cm³/mol. The van der Waals surface area contributed by atoms with E-state index in [-0.39, 0.29) is 11.4 Å². The number of hydrogen-bond donors (Lipinski definition) is 1. The van der Waals surface area contributed by atoms with Crippen molar-refractivity contribution in [2.45, 2.75) is 24.8 Å². The first kappa shape index (κ1) is 17.2. The van der Waals surface area contributed by atoms with Crippen molar-refractivity contribution in [3.05, 3.63) is 66.0 Å². The summed E-state index contributed by atoms with van der Waals surface area (Å²) in [6, 6.07) is 9.56. The van der Waals surface area contributed by atoms with E-state index < -0.39 is 0 Å². The van der Waals surface area contributed by atoms with Gasteiger partial charge in [0, 0.05) is 49.7 Å². The molecule has 2 aliphatic rings. The van der Waals surface area contributed by atoms with Crippen LogP contribution in [0.15, 0.2) is 49.1 Å². The first-order valence-corrected chi connectivity index (χ1v) is 9.81. The summed E-state index contributed by atoms with van der Waals surface area (Å²) in [4.78, 5) is 25.5. The van der Waals surface area contributed by atoms with Gasteiger partial charge in [-0.05, 0) is 44.2 Å². The predicted octanol–water partition coefficient (Wildman–Crippen LogP) is 2.21. The van der Waals surface area contributed by atoms with E-state index in [1.54, 1.807) is 10.9 Å². The molecule has 5 rings (SSSR count). The lowest BCUT2D eigenvalue weighted by Crippen LogP contribution is -2.55. The highest BCUT2D eigenvalue weighted by atomic mass is 16.2. The zero-order valence-corrected chi connectivity index (χ0v) is 16.0. The number of nitrogens with one attached hydrogen (secondary N) is 1. The molecular formula is C21H24N6O. The third-order valence-corrected chi connectivity index (χ3v) is 6.33. The average molecular weight is 376 g/mol. The molecule has 7 nitrogen and oxygen atoms in total. The van der Waals surface area contributed by atoms with E-state index >= 15 is 0 Å². The highest BCUT2D eigenvalue weighted by Crippen LogP contribution is 2.41. The SMILES string of the molecule is CN1CCc2[nH]cnc2C12CCN(C(=O)c1cccc(-n3cccn3)c1)CC2. The summed E-state index contributed by atoms with van der Waals surface area (Å²) in [6.45, 7) is 2.50. The third kappa shape index (κ3) is 2.65. The number of carbonyl (C=O) groups is 1. The van der Waals surface area contributed by atoms with E-state index in [1.165, 1.54) is 11.4 Å². The van der Waals surface area contributed by atoms with Crippen molar-refractivity contribution in [1.82, 2.24) is 29.5 Å². The molecule has 1 saturated heterocycles. The van der Waals surface area contributed by atoms with Crippen LogP contribution < -0.4 is 0 Å². The van der Waals surface area contributed by atoms with Crippen LogP contribution in [0.2, 0.25) is 0 Å². The van der Waals surface area contributed by atoms with Crippen LogP contribution in [0.5, 0.6) is 0 Å². The number of aromatic amines is 1. The quantitative estimate of drug-likeness (QED) is 0.745. The number of amides is 1. The van der Waals surface area contributed by atoms with Crippen LogP contribution in [-0.4, -0.2) is 62.1 Å². The van der Waals surface area contributed by atoms with Gasteiger partial charge < -0.3 is 9.88 Å². The highest BCUT2D eigenvalue weighted by molar-refractivity contribution is 5.94. The van der Waals surface area contributed by atoms with Crippen LogP contribution in [0, 0.1) is 0 Å². The molecular weight excluding hydrogens is 352 g/mol. The normalized spacial score (nSPS) is 19.0. The first-order valence-electron chi connectivity index (χ1n) is 9.81. The van der Waals surface area contributed by atoms with E-state index in [2.05, 4.69) is 27.0 Å². The Labute approximate surface area is 164 Å². The number of fused-ring (bicyclic) bond motifs is 2. The molecule has 144 valence electrons. The summed E-state index contributed by atoms with van der Waals surface area (Å²) in [5, 5.41) is 4.26. The van der Waals surface area contributed by atoms with Crippen LogP contribution >= 0.6 is 0 Å². The zero-order chi connectivity index (χ0) is 19.1. The molecule has 2 aromatic heterocycles. The smallest absolute Gasteiger partial charge is 0.253 e. The van der Waals surface area contributed by atoms with Crippen molar-refractivity contribution in [3.8, 4) is 5.69 Å². The number of imidazole rings is 1. The summed E-state index contributed by atoms with van der Waals surface area (Å²) in [7, 11) is 2.18. The van der Waals surface area contributed by atoms with Gasteiger partial charge in [-0.1, -0.05) is 6.07 Å². The van der Waals surface area contributed by atoms with Crippen molar-refractivity contribution in [3.63, 3.8) is 0 Å². The number of benzene rings is 1. The molecule has 3 aromatic rings. The van der Waals surface area contributed by atoms with Crippen LogP contribution in [0.25, 0.3) is 5.69 Å². The van der Waals surface area contributed by atoms with Gasteiger partial charge in [-0.3, -0.25) is 9.69 Å². The Balaban J connectivity index is 1.35. The van der Waals surface area contributed by atoms with Gasteiger partial charge in [-0.2, -0.15) is 5.10 Å². The van der Waals surface area contributed by atoms with Crippen molar-refractivity contribution in [1.29, 1.82) is 0 Å². The number of likely N-dealkylation sites (N-methyl/N-ethyl adjacent to an activating group) is 1. The van der Waals surface area contributed by atoms with Crippen LogP contribution in [-0.2, 0) is 12.0 Å². The summed E-state index contributed by atoms with van der Waals surface area (Å²) < 4.78 is 1.78. The Morgan fingerprint density at radius 2 is 2.04 bits per heavy atom. The molecule has 0 radical (unpaired) electrons. The fourth-order valence-electron chi connectivity index (χ4n) is 4.67. The van der Waals surface area contributed by atoms with Crippen LogP contribution in [0.1, 0.15) is 34.6 Å². The number of likely N-dealkylation sites (tertiary alicyclic amines) is 1. The standard InChI is InChI=1S/C21H24N6O/c1-25-11-6-18-19(23-15-22-18)21(25)7-12-26(13-8-21)20(28)16-4-2-5-17(14-16)27-10-3-9-24-27/h2-5,9-10,14-15H,6-8,11-13H2,1H3,(H,22,23). The van der Waals surface area contributed by atoms with Gasteiger partial charge in [0.25, 0.3) is 5.91 Å². The van der Waals surface area contributed by atoms with Gasteiger partial charge in [0.1, 0.15) is 0 Å². The largest absolute Gasteiger partial charge is 0.348 e. The van der Waals surface area contributed by atoms with E-state index in [0.717, 1.165) is 44.6 Å². The molecule has 0 unspecified atom stereocenters. The van der Waals surface area contributed by atoms with Crippen molar-refractivity contribution < 1.29 is 4.79 Å². The molecule has 1 spiro atoms. The molecule has 0 bridgehead atoms. The average Bonchev–Trinajstić information content (AvgIpc) is 3.43. The second-order valence-corrected chi connectivity index (χ2v) is 7.73. The second kappa shape index (κ2) is 6.60. The maximum absolute atomic E-state index is 13.1. The Morgan fingerprint density at radius 3 is 2.82 bits per heavy atom.